The van der Waals surface area contributed by atoms with Gasteiger partial charge >= 0.3 is 6.09 Å². The van der Waals surface area contributed by atoms with Gasteiger partial charge in [0.1, 0.15) is 11.3 Å². The Morgan fingerprint density at radius 2 is 2.08 bits per heavy atom. The molecule has 0 saturated heterocycles. The molecule has 2 atom stereocenters. The second-order valence-electron chi connectivity index (χ2n) is 7.05. The van der Waals surface area contributed by atoms with E-state index >= 15 is 0 Å². The van der Waals surface area contributed by atoms with Crippen LogP contribution in [0.25, 0.3) is 0 Å². The number of nitrogens with one attached hydrogen (secondary N) is 2. The van der Waals surface area contributed by atoms with Crippen molar-refractivity contribution in [2.75, 3.05) is 0 Å². The molecule has 132 valence electrons. The first-order chi connectivity index (χ1) is 11.3. The van der Waals surface area contributed by atoms with E-state index in [0.717, 1.165) is 25.7 Å². The van der Waals surface area contributed by atoms with Gasteiger partial charge in [-0.15, -0.1) is 0 Å². The highest BCUT2D eigenvalue weighted by Gasteiger charge is 2.25. The first kappa shape index (κ1) is 18.0. The monoisotopic (exact) mass is 333 g/mol. The third-order valence-electron chi connectivity index (χ3n) is 3.69. The molecule has 7 nitrogen and oxygen atoms in total. The SMILES string of the molecule is CC(C)(C)OC(=O)NC1CCCC(N/N=C(\N)c2ccccn2)C1. The topological polar surface area (TPSA) is 102 Å². The van der Waals surface area contributed by atoms with Gasteiger partial charge in [-0.05, 0) is 58.6 Å². The Morgan fingerprint density at radius 3 is 2.75 bits per heavy atom. The smallest absolute Gasteiger partial charge is 0.407 e. The maximum absolute atomic E-state index is 11.9. The van der Waals surface area contributed by atoms with Crippen LogP contribution in [-0.2, 0) is 4.74 Å². The lowest BCUT2D eigenvalue weighted by Gasteiger charge is -2.30. The predicted molar refractivity (Wildman–Crippen MR) is 93.5 cm³/mol. The van der Waals surface area contributed by atoms with Crippen molar-refractivity contribution in [3.63, 3.8) is 0 Å². The van der Waals surface area contributed by atoms with Gasteiger partial charge in [0.15, 0.2) is 5.84 Å². The predicted octanol–water partition coefficient (Wildman–Crippen LogP) is 2.13. The molecule has 7 heteroatoms. The third-order valence-corrected chi connectivity index (χ3v) is 3.69. The third kappa shape index (κ3) is 6.06. The Morgan fingerprint density at radius 1 is 1.33 bits per heavy atom. The molecule has 0 spiro atoms. The van der Waals surface area contributed by atoms with E-state index in [9.17, 15) is 4.79 Å². The second kappa shape index (κ2) is 7.99. The minimum atomic E-state index is -0.488. The van der Waals surface area contributed by atoms with Crippen LogP contribution in [-0.4, -0.2) is 34.6 Å². The number of carbonyl (C=O) groups excluding carboxylic acids is 1. The van der Waals surface area contributed by atoms with Crippen LogP contribution in [0.1, 0.15) is 52.1 Å². The maximum Gasteiger partial charge on any atom is 0.407 e. The van der Waals surface area contributed by atoms with Crippen LogP contribution < -0.4 is 16.5 Å². The number of nitrogens with zero attached hydrogens (tertiary/aromatic N) is 2. The zero-order valence-corrected chi connectivity index (χ0v) is 14.6. The number of nitrogens with two attached hydrogens (primary N) is 1. The van der Waals surface area contributed by atoms with Crippen LogP contribution >= 0.6 is 0 Å². The van der Waals surface area contributed by atoms with Crippen LogP contribution in [0.5, 0.6) is 0 Å². The van der Waals surface area contributed by atoms with Gasteiger partial charge in [-0.3, -0.25) is 4.98 Å². The summed E-state index contributed by atoms with van der Waals surface area (Å²) in [5.74, 6) is 0.359. The van der Waals surface area contributed by atoms with Crippen LogP contribution in [0.2, 0.25) is 0 Å². The molecule has 1 amide bonds. The van der Waals surface area contributed by atoms with Crippen LogP contribution in [0, 0.1) is 0 Å². The number of amides is 1. The van der Waals surface area contributed by atoms with E-state index < -0.39 is 5.60 Å². The highest BCUT2D eigenvalue weighted by atomic mass is 16.6. The zero-order valence-electron chi connectivity index (χ0n) is 14.6. The van der Waals surface area contributed by atoms with Crippen LogP contribution in [0.3, 0.4) is 0 Å². The number of amidine groups is 1. The molecule has 1 aliphatic rings. The molecule has 2 unspecified atom stereocenters. The van der Waals surface area contributed by atoms with E-state index in [4.69, 9.17) is 10.5 Å². The van der Waals surface area contributed by atoms with Crippen molar-refractivity contribution in [3.8, 4) is 0 Å². The molecule has 0 aromatic carbocycles. The molecule has 1 aromatic rings. The number of hydrazone groups is 1. The summed E-state index contributed by atoms with van der Waals surface area (Å²) in [5.41, 5.74) is 9.19. The standard InChI is InChI=1S/C17H27N5O2/c1-17(2,3)24-16(23)20-12-7-6-8-13(11-12)21-22-15(18)14-9-4-5-10-19-14/h4-5,9-10,12-13,21H,6-8,11H2,1-3H3,(H2,18,22)(H,20,23). The van der Waals surface area contributed by atoms with Gasteiger partial charge in [-0.2, -0.15) is 5.10 Å². The number of carbonyl (C=O) groups is 1. The maximum atomic E-state index is 11.9. The summed E-state index contributed by atoms with van der Waals surface area (Å²) in [6, 6.07) is 5.76. The molecular formula is C17H27N5O2. The van der Waals surface area contributed by atoms with Gasteiger partial charge in [-0.25, -0.2) is 4.79 Å². The van der Waals surface area contributed by atoms with Gasteiger partial charge in [-0.1, -0.05) is 6.07 Å². The van der Waals surface area contributed by atoms with Crippen molar-refractivity contribution >= 4 is 11.9 Å². The van der Waals surface area contributed by atoms with Gasteiger partial charge < -0.3 is 21.2 Å². The Kier molecular flexibility index (Phi) is 6.00. The summed E-state index contributed by atoms with van der Waals surface area (Å²) in [7, 11) is 0. The molecule has 1 saturated carbocycles. The lowest BCUT2D eigenvalue weighted by Crippen LogP contribution is -2.45. The van der Waals surface area contributed by atoms with E-state index in [-0.39, 0.29) is 18.2 Å². The van der Waals surface area contributed by atoms with Crippen molar-refractivity contribution in [1.29, 1.82) is 0 Å². The van der Waals surface area contributed by atoms with Gasteiger partial charge in [0, 0.05) is 18.3 Å². The lowest BCUT2D eigenvalue weighted by molar-refractivity contribution is 0.0488. The van der Waals surface area contributed by atoms with E-state index in [2.05, 4.69) is 20.8 Å². The van der Waals surface area contributed by atoms with Crippen molar-refractivity contribution in [3.05, 3.63) is 30.1 Å². The summed E-state index contributed by atoms with van der Waals surface area (Å²) in [6.45, 7) is 5.56. The number of aromatic nitrogens is 1. The fourth-order valence-electron chi connectivity index (χ4n) is 2.64. The highest BCUT2D eigenvalue weighted by Crippen LogP contribution is 2.19. The summed E-state index contributed by atoms with van der Waals surface area (Å²) in [6.07, 6.45) is 5.04. The quantitative estimate of drug-likeness (QED) is 0.445. The van der Waals surface area contributed by atoms with Gasteiger partial charge in [0.05, 0.1) is 0 Å². The molecule has 1 aliphatic carbocycles. The Hall–Kier alpha value is -2.31. The van der Waals surface area contributed by atoms with Gasteiger partial charge in [0.25, 0.3) is 0 Å². The largest absolute Gasteiger partial charge is 0.444 e. The zero-order chi connectivity index (χ0) is 17.6. The van der Waals surface area contributed by atoms with Crippen molar-refractivity contribution in [2.45, 2.75) is 64.1 Å². The Balaban J connectivity index is 1.84. The van der Waals surface area contributed by atoms with E-state index in [1.54, 1.807) is 6.20 Å². The van der Waals surface area contributed by atoms with E-state index in [1.165, 1.54) is 0 Å². The minimum Gasteiger partial charge on any atom is -0.444 e. The number of hydrogen-bond donors (Lipinski definition) is 3. The van der Waals surface area contributed by atoms with Crippen LogP contribution in [0.4, 0.5) is 4.79 Å². The molecule has 1 fully saturated rings. The fraction of sp³-hybridized carbons (Fsp3) is 0.588. The molecule has 0 aliphatic heterocycles. The number of ether oxygens (including phenoxy) is 1. The van der Waals surface area contributed by atoms with Crippen molar-refractivity contribution < 1.29 is 9.53 Å². The molecule has 4 N–H and O–H groups in total. The number of hydrogen-bond acceptors (Lipinski definition) is 5. The summed E-state index contributed by atoms with van der Waals surface area (Å²) in [5, 5.41) is 7.16. The van der Waals surface area contributed by atoms with Crippen molar-refractivity contribution in [2.24, 2.45) is 10.8 Å². The fourth-order valence-corrected chi connectivity index (χ4v) is 2.64. The second-order valence-corrected chi connectivity index (χ2v) is 7.05. The van der Waals surface area contributed by atoms with Crippen LogP contribution in [0.15, 0.2) is 29.5 Å². The number of rotatable bonds is 4. The molecule has 1 heterocycles. The molecule has 24 heavy (non-hydrogen) atoms. The molecule has 0 bridgehead atoms. The first-order valence-electron chi connectivity index (χ1n) is 8.33. The number of pyridine rings is 1. The number of alkyl carbamates (subject to hydrolysis) is 1. The molecule has 0 radical (unpaired) electrons. The lowest BCUT2D eigenvalue weighted by atomic mass is 9.91. The normalized spacial score (nSPS) is 21.9. The first-order valence-corrected chi connectivity index (χ1v) is 8.33. The van der Waals surface area contributed by atoms with Gasteiger partial charge in [0.2, 0.25) is 0 Å². The summed E-state index contributed by atoms with van der Waals surface area (Å²) >= 11 is 0. The minimum absolute atomic E-state index is 0.0809. The van der Waals surface area contributed by atoms with Crippen molar-refractivity contribution in [1.82, 2.24) is 15.7 Å². The molecule has 1 aromatic heterocycles. The average molecular weight is 333 g/mol. The van der Waals surface area contributed by atoms with E-state index in [1.807, 2.05) is 39.0 Å². The average Bonchev–Trinajstić information content (AvgIpc) is 2.52. The Labute approximate surface area is 143 Å². The Bertz CT molecular complexity index is 568. The van der Waals surface area contributed by atoms with E-state index in [0.29, 0.717) is 11.5 Å². The molecule has 2 rings (SSSR count). The molecular weight excluding hydrogens is 306 g/mol. The summed E-state index contributed by atoms with van der Waals surface area (Å²) < 4.78 is 5.31. The summed E-state index contributed by atoms with van der Waals surface area (Å²) in [4.78, 5) is 16.0. The highest BCUT2D eigenvalue weighted by molar-refractivity contribution is 5.95.